The number of hydrogen-bond donors (Lipinski definition) is 1. The van der Waals surface area contributed by atoms with Crippen molar-refractivity contribution in [2.75, 3.05) is 26.2 Å². The summed E-state index contributed by atoms with van der Waals surface area (Å²) in [6.07, 6.45) is 0. The van der Waals surface area contributed by atoms with Gasteiger partial charge >= 0.3 is 6.98 Å². The van der Waals surface area contributed by atoms with E-state index < -0.39 is 12.4 Å². The standard InChI is InChI=1S/C14H20BF3IN2/c1-9-12(8-21-6-4-20-5-7-21)10(2)14(19)11(3)13(9)15(16,17)18/h20H,4-8H2,1-3H3/q-1. The molecule has 0 aromatic heterocycles. The zero-order chi connectivity index (χ0) is 15.8. The third-order valence-corrected chi connectivity index (χ3v) is 5.91. The Morgan fingerprint density at radius 3 is 2.14 bits per heavy atom. The van der Waals surface area contributed by atoms with Crippen LogP contribution in [0.5, 0.6) is 0 Å². The molecule has 1 fully saturated rings. The molecule has 21 heavy (non-hydrogen) atoms. The fourth-order valence-electron chi connectivity index (χ4n) is 3.08. The Hall–Kier alpha value is -0.275. The first kappa shape index (κ1) is 17.1. The Balaban J connectivity index is 2.47. The highest BCUT2D eigenvalue weighted by molar-refractivity contribution is 14.1. The molecule has 1 aliphatic heterocycles. The SMILES string of the molecule is Cc1c(I)c(C)c([B-](F)(F)F)c(C)c1CN1CCNCC1. The van der Waals surface area contributed by atoms with Gasteiger partial charge in [0.15, 0.2) is 0 Å². The molecule has 1 N–H and O–H groups in total. The number of nitrogens with zero attached hydrogens (tertiary/aromatic N) is 1. The average Bonchev–Trinajstić information content (AvgIpc) is 2.41. The van der Waals surface area contributed by atoms with Gasteiger partial charge < -0.3 is 18.3 Å². The van der Waals surface area contributed by atoms with Crippen LogP contribution in [-0.4, -0.2) is 38.1 Å². The predicted octanol–water partition coefficient (Wildman–Crippen LogP) is 2.68. The fourth-order valence-corrected chi connectivity index (χ4v) is 3.69. The molecule has 1 saturated heterocycles. The number of halogens is 4. The van der Waals surface area contributed by atoms with Crippen LogP contribution in [0, 0.1) is 24.3 Å². The Kier molecular flexibility index (Phi) is 5.25. The minimum absolute atomic E-state index is 0.377. The van der Waals surface area contributed by atoms with Crippen molar-refractivity contribution in [1.29, 1.82) is 0 Å². The highest BCUT2D eigenvalue weighted by Crippen LogP contribution is 2.27. The number of piperazine rings is 1. The number of benzene rings is 1. The van der Waals surface area contributed by atoms with Crippen LogP contribution in [0.1, 0.15) is 22.3 Å². The fraction of sp³-hybridized carbons (Fsp3) is 0.571. The Labute approximate surface area is 137 Å². The second-order valence-corrected chi connectivity index (χ2v) is 6.76. The summed E-state index contributed by atoms with van der Waals surface area (Å²) in [6, 6.07) is 0. The van der Waals surface area contributed by atoms with E-state index in [0.717, 1.165) is 40.9 Å². The van der Waals surface area contributed by atoms with Crippen molar-refractivity contribution in [1.82, 2.24) is 10.2 Å². The molecule has 1 heterocycles. The van der Waals surface area contributed by atoms with Gasteiger partial charge in [-0.05, 0) is 54.5 Å². The van der Waals surface area contributed by atoms with E-state index >= 15 is 0 Å². The minimum Gasteiger partial charge on any atom is -0.445 e. The van der Waals surface area contributed by atoms with Crippen molar-refractivity contribution in [3.63, 3.8) is 0 Å². The molecule has 0 aliphatic carbocycles. The summed E-state index contributed by atoms with van der Waals surface area (Å²) in [5.74, 6) is 0. The maximum absolute atomic E-state index is 13.4. The third kappa shape index (κ3) is 3.56. The van der Waals surface area contributed by atoms with Crippen LogP contribution >= 0.6 is 22.6 Å². The van der Waals surface area contributed by atoms with Crippen LogP contribution in [0.3, 0.4) is 0 Å². The second-order valence-electron chi connectivity index (χ2n) is 5.68. The normalized spacial score (nSPS) is 17.3. The van der Waals surface area contributed by atoms with Gasteiger partial charge in [0, 0.05) is 36.3 Å². The van der Waals surface area contributed by atoms with E-state index in [-0.39, 0.29) is 0 Å². The van der Waals surface area contributed by atoms with Crippen LogP contribution in [-0.2, 0) is 6.54 Å². The zero-order valence-electron chi connectivity index (χ0n) is 12.6. The van der Waals surface area contributed by atoms with Crippen LogP contribution in [0.15, 0.2) is 0 Å². The highest BCUT2D eigenvalue weighted by Gasteiger charge is 2.32. The molecule has 0 amide bonds. The average molecular weight is 411 g/mol. The molecular formula is C14H20BF3IN2-. The first-order valence-electron chi connectivity index (χ1n) is 7.14. The topological polar surface area (TPSA) is 15.3 Å². The largest absolute Gasteiger partial charge is 0.510 e. The molecule has 0 atom stereocenters. The molecule has 7 heteroatoms. The van der Waals surface area contributed by atoms with Crippen LogP contribution in [0.25, 0.3) is 0 Å². The lowest BCUT2D eigenvalue weighted by molar-refractivity contribution is 0.232. The van der Waals surface area contributed by atoms with E-state index in [2.05, 4.69) is 32.8 Å². The van der Waals surface area contributed by atoms with E-state index in [4.69, 9.17) is 0 Å². The first-order valence-corrected chi connectivity index (χ1v) is 8.22. The summed E-state index contributed by atoms with van der Waals surface area (Å²) >= 11 is 2.05. The molecule has 1 aliphatic rings. The van der Waals surface area contributed by atoms with Gasteiger partial charge in [-0.2, -0.15) is 0 Å². The van der Waals surface area contributed by atoms with Gasteiger partial charge in [-0.15, -0.1) is 5.46 Å². The van der Waals surface area contributed by atoms with E-state index in [1.54, 1.807) is 13.8 Å². The van der Waals surface area contributed by atoms with Crippen molar-refractivity contribution in [2.24, 2.45) is 0 Å². The van der Waals surface area contributed by atoms with Crippen LogP contribution in [0.2, 0.25) is 0 Å². The lowest BCUT2D eigenvalue weighted by Gasteiger charge is -2.31. The van der Waals surface area contributed by atoms with Crippen molar-refractivity contribution in [3.05, 3.63) is 25.8 Å². The van der Waals surface area contributed by atoms with Crippen molar-refractivity contribution in [2.45, 2.75) is 27.3 Å². The van der Waals surface area contributed by atoms with E-state index in [1.807, 2.05) is 6.92 Å². The van der Waals surface area contributed by atoms with E-state index in [1.165, 1.54) is 0 Å². The van der Waals surface area contributed by atoms with Gasteiger partial charge in [0.1, 0.15) is 0 Å². The van der Waals surface area contributed by atoms with Gasteiger partial charge in [-0.25, -0.2) is 0 Å². The van der Waals surface area contributed by atoms with Gasteiger partial charge in [0.25, 0.3) is 0 Å². The molecule has 2 rings (SSSR count). The highest BCUT2D eigenvalue weighted by atomic mass is 127. The molecule has 2 nitrogen and oxygen atoms in total. The Morgan fingerprint density at radius 1 is 1.05 bits per heavy atom. The smallest absolute Gasteiger partial charge is 0.445 e. The summed E-state index contributed by atoms with van der Waals surface area (Å²) in [7, 11) is 0. The lowest BCUT2D eigenvalue weighted by atomic mass is 9.72. The van der Waals surface area contributed by atoms with Crippen molar-refractivity contribution >= 4 is 35.0 Å². The summed E-state index contributed by atoms with van der Waals surface area (Å²) in [5, 5.41) is 3.27. The molecule has 1 aromatic carbocycles. The van der Waals surface area contributed by atoms with Crippen molar-refractivity contribution in [3.8, 4) is 0 Å². The summed E-state index contributed by atoms with van der Waals surface area (Å²) < 4.78 is 41.0. The first-order chi connectivity index (χ1) is 9.73. The predicted molar refractivity (Wildman–Crippen MR) is 90.2 cm³/mol. The number of hydrogen-bond acceptors (Lipinski definition) is 2. The molecule has 0 spiro atoms. The lowest BCUT2D eigenvalue weighted by Crippen LogP contribution is -2.44. The van der Waals surface area contributed by atoms with Crippen molar-refractivity contribution < 1.29 is 12.9 Å². The number of nitrogens with one attached hydrogen (secondary N) is 1. The van der Waals surface area contributed by atoms with Gasteiger partial charge in [0.05, 0.1) is 0 Å². The monoisotopic (exact) mass is 411 g/mol. The molecule has 0 radical (unpaired) electrons. The van der Waals surface area contributed by atoms with E-state index in [0.29, 0.717) is 17.7 Å². The molecular weight excluding hydrogens is 391 g/mol. The third-order valence-electron chi connectivity index (χ3n) is 4.29. The molecule has 0 saturated carbocycles. The zero-order valence-corrected chi connectivity index (χ0v) is 14.7. The summed E-state index contributed by atoms with van der Waals surface area (Å²) in [6.45, 7) is 4.34. The van der Waals surface area contributed by atoms with Crippen LogP contribution < -0.4 is 10.8 Å². The van der Waals surface area contributed by atoms with E-state index in [9.17, 15) is 12.9 Å². The Bertz CT molecular complexity index is 540. The van der Waals surface area contributed by atoms with Gasteiger partial charge in [0.2, 0.25) is 0 Å². The molecule has 0 unspecified atom stereocenters. The maximum Gasteiger partial charge on any atom is 0.510 e. The number of rotatable bonds is 3. The molecule has 1 aromatic rings. The maximum atomic E-state index is 13.4. The molecule has 0 bridgehead atoms. The Morgan fingerprint density at radius 2 is 1.62 bits per heavy atom. The van der Waals surface area contributed by atoms with Crippen LogP contribution in [0.4, 0.5) is 12.9 Å². The molecule has 118 valence electrons. The minimum atomic E-state index is -4.97. The second kappa shape index (κ2) is 6.46. The summed E-state index contributed by atoms with van der Waals surface area (Å²) in [5.41, 5.74) is 2.24. The quantitative estimate of drug-likeness (QED) is 0.608. The van der Waals surface area contributed by atoms with Gasteiger partial charge in [-0.1, -0.05) is 11.1 Å². The van der Waals surface area contributed by atoms with Gasteiger partial charge in [-0.3, -0.25) is 4.90 Å². The summed E-state index contributed by atoms with van der Waals surface area (Å²) in [4.78, 5) is 2.23.